The third kappa shape index (κ3) is 3.99. The Kier molecular flexibility index (Phi) is 5.50. The summed E-state index contributed by atoms with van der Waals surface area (Å²) in [7, 11) is 0.261. The number of ether oxygens (including phenoxy) is 1. The molecule has 0 spiro atoms. The first-order valence-corrected chi connectivity index (χ1v) is 9.08. The SMILES string of the molecule is Cc1cccc(C)c1OCCP1CCCCCC1. The molecule has 0 bridgehead atoms. The van der Waals surface area contributed by atoms with Gasteiger partial charge < -0.3 is 4.74 Å². The highest BCUT2D eigenvalue weighted by molar-refractivity contribution is 7.57. The third-order valence-electron chi connectivity index (χ3n) is 3.76. The van der Waals surface area contributed by atoms with Crippen molar-refractivity contribution in [3.05, 3.63) is 29.3 Å². The van der Waals surface area contributed by atoms with Crippen LogP contribution in [0.5, 0.6) is 5.75 Å². The second kappa shape index (κ2) is 7.14. The molecule has 0 N–H and O–H groups in total. The van der Waals surface area contributed by atoms with Gasteiger partial charge in [0.25, 0.3) is 0 Å². The Morgan fingerprint density at radius 1 is 1.00 bits per heavy atom. The summed E-state index contributed by atoms with van der Waals surface area (Å²) in [5.41, 5.74) is 2.53. The average molecular weight is 264 g/mol. The Balaban J connectivity index is 1.80. The van der Waals surface area contributed by atoms with Crippen LogP contribution in [0.3, 0.4) is 0 Å². The van der Waals surface area contributed by atoms with E-state index in [0.29, 0.717) is 0 Å². The largest absolute Gasteiger partial charge is 0.493 e. The minimum atomic E-state index is 0.261. The van der Waals surface area contributed by atoms with E-state index in [2.05, 4.69) is 32.0 Å². The van der Waals surface area contributed by atoms with E-state index in [0.717, 1.165) is 12.4 Å². The molecule has 1 aliphatic rings. The van der Waals surface area contributed by atoms with Crippen LogP contribution in [0.4, 0.5) is 0 Å². The molecule has 0 saturated carbocycles. The fourth-order valence-corrected chi connectivity index (χ4v) is 5.03. The van der Waals surface area contributed by atoms with Gasteiger partial charge in [0.05, 0.1) is 6.61 Å². The lowest BCUT2D eigenvalue weighted by atomic mass is 10.1. The van der Waals surface area contributed by atoms with Crippen molar-refractivity contribution in [1.82, 2.24) is 0 Å². The minimum Gasteiger partial charge on any atom is -0.493 e. The predicted molar refractivity (Wildman–Crippen MR) is 81.4 cm³/mol. The summed E-state index contributed by atoms with van der Waals surface area (Å²) in [6.45, 7) is 5.19. The maximum absolute atomic E-state index is 6.03. The number of aryl methyl sites for hydroxylation is 2. The average Bonchev–Trinajstić information content (AvgIpc) is 2.61. The first-order valence-electron chi connectivity index (χ1n) is 7.19. The van der Waals surface area contributed by atoms with Crippen molar-refractivity contribution in [2.75, 3.05) is 25.1 Å². The van der Waals surface area contributed by atoms with E-state index in [4.69, 9.17) is 4.74 Å². The van der Waals surface area contributed by atoms with Gasteiger partial charge in [-0.3, -0.25) is 0 Å². The summed E-state index contributed by atoms with van der Waals surface area (Å²) in [4.78, 5) is 0. The van der Waals surface area contributed by atoms with Crippen LogP contribution in [0.2, 0.25) is 0 Å². The van der Waals surface area contributed by atoms with E-state index in [-0.39, 0.29) is 7.92 Å². The van der Waals surface area contributed by atoms with Crippen molar-refractivity contribution in [3.63, 3.8) is 0 Å². The van der Waals surface area contributed by atoms with Gasteiger partial charge in [-0.05, 0) is 50.1 Å². The topological polar surface area (TPSA) is 9.23 Å². The zero-order chi connectivity index (χ0) is 12.8. The Hall–Kier alpha value is -0.550. The van der Waals surface area contributed by atoms with E-state index in [1.807, 2.05) is 0 Å². The van der Waals surface area contributed by atoms with Gasteiger partial charge in [0, 0.05) is 6.16 Å². The molecule has 0 aromatic heterocycles. The third-order valence-corrected chi connectivity index (χ3v) is 6.47. The number of para-hydroxylation sites is 1. The maximum atomic E-state index is 6.03. The molecule has 1 heterocycles. The lowest BCUT2D eigenvalue weighted by molar-refractivity contribution is 0.338. The van der Waals surface area contributed by atoms with Crippen LogP contribution in [-0.2, 0) is 0 Å². The van der Waals surface area contributed by atoms with Crippen molar-refractivity contribution in [2.24, 2.45) is 0 Å². The summed E-state index contributed by atoms with van der Waals surface area (Å²) < 4.78 is 6.03. The molecule has 100 valence electrons. The summed E-state index contributed by atoms with van der Waals surface area (Å²) in [6, 6.07) is 6.38. The van der Waals surface area contributed by atoms with Crippen molar-refractivity contribution in [3.8, 4) is 5.75 Å². The van der Waals surface area contributed by atoms with E-state index in [1.54, 1.807) is 0 Å². The molecule has 1 saturated heterocycles. The highest BCUT2D eigenvalue weighted by Crippen LogP contribution is 2.40. The van der Waals surface area contributed by atoms with Crippen LogP contribution in [0.15, 0.2) is 18.2 Å². The molecule has 0 atom stereocenters. The molecule has 0 radical (unpaired) electrons. The van der Waals surface area contributed by atoms with Crippen LogP contribution in [-0.4, -0.2) is 25.1 Å². The summed E-state index contributed by atoms with van der Waals surface area (Å²) in [5.74, 6) is 1.11. The Labute approximate surface area is 113 Å². The molecule has 1 nitrogen and oxygen atoms in total. The first kappa shape index (κ1) is 13.9. The van der Waals surface area contributed by atoms with Gasteiger partial charge in [-0.25, -0.2) is 0 Å². The number of hydrogen-bond donors (Lipinski definition) is 0. The standard InChI is InChI=1S/C16H25OP/c1-14-8-7-9-15(2)16(14)17-10-13-18-11-5-3-4-6-12-18/h7-9H,3-6,10-13H2,1-2H3. The maximum Gasteiger partial charge on any atom is 0.125 e. The van der Waals surface area contributed by atoms with Crippen LogP contribution in [0, 0.1) is 13.8 Å². The lowest BCUT2D eigenvalue weighted by Gasteiger charge is -2.17. The Morgan fingerprint density at radius 3 is 2.22 bits per heavy atom. The monoisotopic (exact) mass is 264 g/mol. The predicted octanol–water partition coefficient (Wildman–Crippen LogP) is 4.74. The van der Waals surface area contributed by atoms with E-state index < -0.39 is 0 Å². The van der Waals surface area contributed by atoms with Gasteiger partial charge in [0.2, 0.25) is 0 Å². The normalized spacial score (nSPS) is 17.4. The smallest absolute Gasteiger partial charge is 0.125 e. The van der Waals surface area contributed by atoms with Crippen LogP contribution in [0.25, 0.3) is 0 Å². The zero-order valence-electron chi connectivity index (χ0n) is 11.7. The Bertz CT molecular complexity index is 347. The second-order valence-electron chi connectivity index (χ2n) is 5.33. The Morgan fingerprint density at radius 2 is 1.61 bits per heavy atom. The zero-order valence-corrected chi connectivity index (χ0v) is 12.6. The van der Waals surface area contributed by atoms with Crippen LogP contribution < -0.4 is 4.74 Å². The van der Waals surface area contributed by atoms with Crippen molar-refractivity contribution in [2.45, 2.75) is 39.5 Å². The van der Waals surface area contributed by atoms with Crippen LogP contribution >= 0.6 is 7.92 Å². The van der Waals surface area contributed by atoms with Gasteiger partial charge in [0.1, 0.15) is 5.75 Å². The van der Waals surface area contributed by atoms with Crippen LogP contribution in [0.1, 0.15) is 36.8 Å². The molecule has 18 heavy (non-hydrogen) atoms. The van der Waals surface area contributed by atoms with Gasteiger partial charge in [-0.15, -0.1) is 7.92 Å². The quantitative estimate of drug-likeness (QED) is 0.714. The molecule has 0 amide bonds. The first-order chi connectivity index (χ1) is 8.77. The van der Waals surface area contributed by atoms with Gasteiger partial charge in [0.15, 0.2) is 0 Å². The molecule has 1 aromatic rings. The summed E-state index contributed by atoms with van der Waals surface area (Å²) in [6.07, 6.45) is 10.1. The molecule has 2 heteroatoms. The highest BCUT2D eigenvalue weighted by atomic mass is 31.1. The van der Waals surface area contributed by atoms with Crippen molar-refractivity contribution >= 4 is 7.92 Å². The summed E-state index contributed by atoms with van der Waals surface area (Å²) >= 11 is 0. The van der Waals surface area contributed by atoms with Gasteiger partial charge >= 0.3 is 0 Å². The van der Waals surface area contributed by atoms with Crippen molar-refractivity contribution < 1.29 is 4.74 Å². The fraction of sp³-hybridized carbons (Fsp3) is 0.625. The molecular weight excluding hydrogens is 239 g/mol. The number of hydrogen-bond acceptors (Lipinski definition) is 1. The molecule has 1 aromatic carbocycles. The fourth-order valence-electron chi connectivity index (χ4n) is 2.66. The minimum absolute atomic E-state index is 0.261. The lowest BCUT2D eigenvalue weighted by Crippen LogP contribution is -2.06. The molecule has 2 rings (SSSR count). The molecule has 0 unspecified atom stereocenters. The van der Waals surface area contributed by atoms with E-state index in [9.17, 15) is 0 Å². The molecular formula is C16H25OP. The van der Waals surface area contributed by atoms with Gasteiger partial charge in [-0.2, -0.15) is 0 Å². The molecule has 1 aliphatic heterocycles. The van der Waals surface area contributed by atoms with Gasteiger partial charge in [-0.1, -0.05) is 31.0 Å². The molecule has 1 fully saturated rings. The number of benzene rings is 1. The van der Waals surface area contributed by atoms with E-state index >= 15 is 0 Å². The highest BCUT2D eigenvalue weighted by Gasteiger charge is 2.12. The molecule has 0 aliphatic carbocycles. The second-order valence-corrected chi connectivity index (χ2v) is 8.01. The van der Waals surface area contributed by atoms with Crippen molar-refractivity contribution in [1.29, 1.82) is 0 Å². The summed E-state index contributed by atoms with van der Waals surface area (Å²) in [5, 5.41) is 0. The number of rotatable bonds is 4. The van der Waals surface area contributed by atoms with E-state index in [1.165, 1.54) is 55.3 Å².